The maximum atomic E-state index is 11.2. The quantitative estimate of drug-likeness (QED) is 0.543. The van der Waals surface area contributed by atoms with E-state index < -0.39 is 10.5 Å². The van der Waals surface area contributed by atoms with Gasteiger partial charge < -0.3 is 16.0 Å². The van der Waals surface area contributed by atoms with Gasteiger partial charge in [0.1, 0.15) is 11.2 Å². The molecule has 1 aliphatic rings. The summed E-state index contributed by atoms with van der Waals surface area (Å²) in [7, 11) is 1.97. The Morgan fingerprint density at radius 3 is 2.85 bits per heavy atom. The van der Waals surface area contributed by atoms with Gasteiger partial charge in [-0.15, -0.1) is 0 Å². The zero-order valence-electron chi connectivity index (χ0n) is 14.7. The molecule has 0 amide bonds. The van der Waals surface area contributed by atoms with E-state index in [-0.39, 0.29) is 17.8 Å². The third-order valence-electron chi connectivity index (χ3n) is 4.79. The molecule has 0 spiro atoms. The Balaban J connectivity index is 1.83. The monoisotopic (exact) mass is 362 g/mol. The summed E-state index contributed by atoms with van der Waals surface area (Å²) in [5.41, 5.74) is 13.6. The molecule has 0 saturated carbocycles. The number of aromatic nitrogens is 3. The molecule has 2 heterocycles. The van der Waals surface area contributed by atoms with Crippen LogP contribution in [0.25, 0.3) is 22.2 Å². The maximum Gasteiger partial charge on any atom is 0.290 e. The van der Waals surface area contributed by atoms with Crippen LogP contribution in [0.15, 0.2) is 66.3 Å². The van der Waals surface area contributed by atoms with Gasteiger partial charge in [0.25, 0.3) is 5.70 Å². The highest BCUT2D eigenvalue weighted by atomic mass is 16.6. The van der Waals surface area contributed by atoms with Crippen molar-refractivity contribution in [3.63, 3.8) is 0 Å². The average molecular weight is 362 g/mol. The van der Waals surface area contributed by atoms with Crippen LogP contribution in [0.4, 0.5) is 0 Å². The molecule has 1 atom stereocenters. The Morgan fingerprint density at radius 2 is 2.07 bits per heavy atom. The number of fused-ring (bicyclic) bond motifs is 1. The lowest BCUT2D eigenvalue weighted by molar-refractivity contribution is -0.421. The van der Waals surface area contributed by atoms with E-state index >= 15 is 0 Å². The molecule has 8 heteroatoms. The van der Waals surface area contributed by atoms with E-state index in [1.807, 2.05) is 42.1 Å². The van der Waals surface area contributed by atoms with E-state index in [1.54, 1.807) is 18.3 Å². The van der Waals surface area contributed by atoms with Crippen molar-refractivity contribution in [1.29, 1.82) is 0 Å². The summed E-state index contributed by atoms with van der Waals surface area (Å²) in [6.07, 6.45) is 6.79. The van der Waals surface area contributed by atoms with Gasteiger partial charge in [0.2, 0.25) is 0 Å². The normalized spacial score (nSPS) is 19.6. The third kappa shape index (κ3) is 2.76. The summed E-state index contributed by atoms with van der Waals surface area (Å²) in [4.78, 5) is 19.6. The van der Waals surface area contributed by atoms with Crippen molar-refractivity contribution in [3.8, 4) is 11.3 Å². The Bertz CT molecular complexity index is 1130. The first-order valence-corrected chi connectivity index (χ1v) is 8.39. The van der Waals surface area contributed by atoms with Gasteiger partial charge in [-0.2, -0.15) is 0 Å². The summed E-state index contributed by atoms with van der Waals surface area (Å²) in [6, 6.07) is 9.82. The van der Waals surface area contributed by atoms with E-state index in [0.717, 1.165) is 16.5 Å². The number of aryl methyl sites for hydroxylation is 1. The molecule has 0 bridgehead atoms. The smallest absolute Gasteiger partial charge is 0.290 e. The van der Waals surface area contributed by atoms with Gasteiger partial charge in [0.05, 0.1) is 10.6 Å². The van der Waals surface area contributed by atoms with Crippen molar-refractivity contribution in [2.45, 2.75) is 12.0 Å². The predicted molar refractivity (Wildman–Crippen MR) is 102 cm³/mol. The molecule has 0 radical (unpaired) electrons. The second-order valence-corrected chi connectivity index (χ2v) is 6.63. The second kappa shape index (κ2) is 6.03. The Hall–Kier alpha value is -3.52. The van der Waals surface area contributed by atoms with Crippen LogP contribution in [-0.4, -0.2) is 19.5 Å². The van der Waals surface area contributed by atoms with E-state index in [0.29, 0.717) is 11.5 Å². The predicted octanol–water partition coefficient (Wildman–Crippen LogP) is 2.20. The molecule has 4 rings (SSSR count). The van der Waals surface area contributed by atoms with Gasteiger partial charge in [-0.25, -0.2) is 9.97 Å². The van der Waals surface area contributed by atoms with Crippen molar-refractivity contribution >= 4 is 10.9 Å². The van der Waals surface area contributed by atoms with Crippen LogP contribution in [0.1, 0.15) is 12.2 Å². The molecule has 27 heavy (non-hydrogen) atoms. The summed E-state index contributed by atoms with van der Waals surface area (Å²) in [6.45, 7) is 0. The molecule has 8 nitrogen and oxygen atoms in total. The SMILES string of the molecule is Cn1cc(-c2ccnc(C3(N)C=C([N+](=O)[O-])C(N)=CC3)n2)c2ccccc21. The van der Waals surface area contributed by atoms with Crippen LogP contribution in [0, 0.1) is 10.1 Å². The first-order valence-electron chi connectivity index (χ1n) is 8.39. The number of hydrogen-bond acceptors (Lipinski definition) is 6. The van der Waals surface area contributed by atoms with Crippen molar-refractivity contribution in [2.24, 2.45) is 18.5 Å². The van der Waals surface area contributed by atoms with Gasteiger partial charge in [-0.3, -0.25) is 10.1 Å². The minimum absolute atomic E-state index is 0.103. The van der Waals surface area contributed by atoms with Crippen molar-refractivity contribution in [1.82, 2.24) is 14.5 Å². The molecule has 0 saturated heterocycles. The number of nitrogens with zero attached hydrogens (tertiary/aromatic N) is 4. The zero-order chi connectivity index (χ0) is 19.2. The van der Waals surface area contributed by atoms with E-state index in [1.165, 1.54) is 6.08 Å². The summed E-state index contributed by atoms with van der Waals surface area (Å²) in [5, 5.41) is 12.3. The number of nitro groups is 1. The molecule has 4 N–H and O–H groups in total. The first-order chi connectivity index (χ1) is 12.9. The van der Waals surface area contributed by atoms with Gasteiger partial charge in [-0.05, 0) is 18.6 Å². The van der Waals surface area contributed by atoms with Crippen LogP contribution >= 0.6 is 0 Å². The van der Waals surface area contributed by atoms with Crippen molar-refractivity contribution < 1.29 is 4.92 Å². The molecular formula is C19H18N6O2. The van der Waals surface area contributed by atoms with E-state index in [2.05, 4.69) is 9.97 Å². The lowest BCUT2D eigenvalue weighted by atomic mass is 9.89. The zero-order valence-corrected chi connectivity index (χ0v) is 14.7. The van der Waals surface area contributed by atoms with Crippen molar-refractivity contribution in [2.75, 3.05) is 0 Å². The standard InChI is InChI=1S/C19H18N6O2/c1-24-11-13(12-4-2-3-5-16(12)24)15-7-9-22-18(23-15)19(21)8-6-14(20)17(10-19)25(26)27/h2-7,9-11H,8,20-21H2,1H3. The molecule has 0 fully saturated rings. The summed E-state index contributed by atoms with van der Waals surface area (Å²) in [5.74, 6) is 0.316. The Morgan fingerprint density at radius 1 is 1.30 bits per heavy atom. The number of hydrogen-bond donors (Lipinski definition) is 2. The summed E-state index contributed by atoms with van der Waals surface area (Å²) >= 11 is 0. The topological polar surface area (TPSA) is 126 Å². The fraction of sp³-hybridized carbons (Fsp3) is 0.158. The van der Waals surface area contributed by atoms with Crippen molar-refractivity contribution in [3.05, 3.63) is 82.2 Å². The summed E-state index contributed by atoms with van der Waals surface area (Å²) < 4.78 is 2.03. The minimum atomic E-state index is -1.19. The Labute approximate surface area is 155 Å². The average Bonchev–Trinajstić information content (AvgIpc) is 3.01. The van der Waals surface area contributed by atoms with Crippen LogP contribution in [0.5, 0.6) is 0 Å². The number of benzene rings is 1. The van der Waals surface area contributed by atoms with Crippen LogP contribution < -0.4 is 11.5 Å². The lowest BCUT2D eigenvalue weighted by Crippen LogP contribution is -2.39. The fourth-order valence-electron chi connectivity index (χ4n) is 3.36. The Kier molecular flexibility index (Phi) is 3.78. The molecule has 136 valence electrons. The fourth-order valence-corrected chi connectivity index (χ4v) is 3.36. The van der Waals surface area contributed by atoms with Gasteiger partial charge in [0.15, 0.2) is 5.82 Å². The number of para-hydroxylation sites is 1. The molecule has 3 aromatic rings. The highest BCUT2D eigenvalue weighted by molar-refractivity contribution is 5.95. The van der Waals surface area contributed by atoms with Gasteiger partial charge in [0, 0.05) is 42.0 Å². The third-order valence-corrected chi connectivity index (χ3v) is 4.79. The van der Waals surface area contributed by atoms with Crippen LogP contribution in [0.3, 0.4) is 0 Å². The number of nitrogens with two attached hydrogens (primary N) is 2. The maximum absolute atomic E-state index is 11.2. The largest absolute Gasteiger partial charge is 0.393 e. The lowest BCUT2D eigenvalue weighted by Gasteiger charge is -2.25. The second-order valence-electron chi connectivity index (χ2n) is 6.63. The molecule has 1 aromatic carbocycles. The highest BCUT2D eigenvalue weighted by Gasteiger charge is 2.35. The van der Waals surface area contributed by atoms with Crippen LogP contribution in [0.2, 0.25) is 0 Å². The van der Waals surface area contributed by atoms with E-state index in [9.17, 15) is 10.1 Å². The first kappa shape index (κ1) is 16.9. The van der Waals surface area contributed by atoms with Gasteiger partial charge in [-0.1, -0.05) is 24.3 Å². The molecule has 0 aliphatic heterocycles. The minimum Gasteiger partial charge on any atom is -0.393 e. The molecular weight excluding hydrogens is 344 g/mol. The van der Waals surface area contributed by atoms with E-state index in [4.69, 9.17) is 11.5 Å². The highest BCUT2D eigenvalue weighted by Crippen LogP contribution is 2.32. The van der Waals surface area contributed by atoms with Gasteiger partial charge >= 0.3 is 0 Å². The number of rotatable bonds is 3. The van der Waals surface area contributed by atoms with Crippen LogP contribution in [-0.2, 0) is 12.6 Å². The molecule has 1 unspecified atom stereocenters. The molecule has 1 aliphatic carbocycles. The molecule has 2 aromatic heterocycles.